The number of fused-ring (bicyclic) bond motifs is 1. The number of hydrogen-bond donors (Lipinski definition) is 4. The first kappa shape index (κ1) is 20.4. The van der Waals surface area contributed by atoms with Crippen LogP contribution in [0.15, 0.2) is 35.4 Å². The summed E-state index contributed by atoms with van der Waals surface area (Å²) in [5, 5.41) is 22.9. The van der Waals surface area contributed by atoms with Gasteiger partial charge in [0, 0.05) is 19.3 Å². The molecule has 2 saturated carbocycles. The lowest BCUT2D eigenvalue weighted by molar-refractivity contribution is 0.0300. The SMILES string of the molecule is CNc1cc(Nc2cccn([C@@H]3CC[C@@H]3O)c2=O)nc2c(C(=O)NC3CC[C@@H]3F)cnn12. The molecule has 5 rings (SSSR count). The van der Waals surface area contributed by atoms with Crippen LogP contribution in [0, 0.1) is 0 Å². The Morgan fingerprint density at radius 2 is 2.12 bits per heavy atom. The van der Waals surface area contributed by atoms with E-state index in [4.69, 9.17) is 0 Å². The molecule has 10 nitrogen and oxygen atoms in total. The second kappa shape index (κ2) is 7.90. The number of carbonyl (C=O) groups excluding carboxylic acids is 1. The number of aromatic nitrogens is 4. The minimum Gasteiger partial charge on any atom is -0.391 e. The second-order valence-corrected chi connectivity index (χ2v) is 8.21. The number of aliphatic hydroxyl groups excluding tert-OH is 1. The molecule has 168 valence electrons. The van der Waals surface area contributed by atoms with E-state index in [1.165, 1.54) is 15.3 Å². The summed E-state index contributed by atoms with van der Waals surface area (Å²) < 4.78 is 16.6. The first-order chi connectivity index (χ1) is 15.5. The maximum absolute atomic E-state index is 13.6. The number of anilines is 3. The molecule has 2 aliphatic carbocycles. The molecule has 0 bridgehead atoms. The quantitative estimate of drug-likeness (QED) is 0.458. The van der Waals surface area contributed by atoms with Gasteiger partial charge in [0.1, 0.15) is 29.1 Å². The first-order valence-corrected chi connectivity index (χ1v) is 10.6. The van der Waals surface area contributed by atoms with Gasteiger partial charge in [-0.2, -0.15) is 9.61 Å². The third-order valence-corrected chi connectivity index (χ3v) is 6.28. The van der Waals surface area contributed by atoms with E-state index in [9.17, 15) is 19.1 Å². The van der Waals surface area contributed by atoms with Crippen LogP contribution < -0.4 is 21.5 Å². The van der Waals surface area contributed by atoms with E-state index >= 15 is 0 Å². The monoisotopic (exact) mass is 441 g/mol. The number of rotatable bonds is 6. The number of amides is 1. The van der Waals surface area contributed by atoms with Crippen molar-refractivity contribution < 1.29 is 14.3 Å². The summed E-state index contributed by atoms with van der Waals surface area (Å²) in [5.74, 6) is 0.446. The van der Waals surface area contributed by atoms with Gasteiger partial charge >= 0.3 is 0 Å². The van der Waals surface area contributed by atoms with Crippen LogP contribution in [0.3, 0.4) is 0 Å². The molecule has 0 aromatic carbocycles. The summed E-state index contributed by atoms with van der Waals surface area (Å²) in [5.41, 5.74) is 0.518. The lowest BCUT2D eigenvalue weighted by Crippen LogP contribution is -2.48. The smallest absolute Gasteiger partial charge is 0.274 e. The van der Waals surface area contributed by atoms with Crippen molar-refractivity contribution in [1.82, 2.24) is 24.5 Å². The Bertz CT molecular complexity index is 1240. The topological polar surface area (TPSA) is 126 Å². The van der Waals surface area contributed by atoms with Gasteiger partial charge in [-0.3, -0.25) is 9.59 Å². The van der Waals surface area contributed by atoms with E-state index < -0.39 is 24.2 Å². The number of hydrogen-bond acceptors (Lipinski definition) is 7. The number of nitrogens with zero attached hydrogens (tertiary/aromatic N) is 4. The van der Waals surface area contributed by atoms with Crippen molar-refractivity contribution in [2.24, 2.45) is 0 Å². The van der Waals surface area contributed by atoms with E-state index in [2.05, 4.69) is 26.0 Å². The van der Waals surface area contributed by atoms with Gasteiger partial charge in [-0.15, -0.1) is 0 Å². The standard InChI is InChI=1S/C21H24FN7O3/c1-23-18-9-17(25-14-3-2-8-28(21(14)32)15-6-7-16(15)30)27-19-11(10-24-29(18)19)20(31)26-13-5-4-12(13)22/h2-3,8-10,12-13,15-16,23,30H,4-7H2,1H3,(H,25,27)(H,26,31)/t12-,13?,15+,16-/m0/s1. The van der Waals surface area contributed by atoms with Crippen molar-refractivity contribution in [1.29, 1.82) is 0 Å². The highest BCUT2D eigenvalue weighted by molar-refractivity contribution is 6.00. The molecule has 3 aromatic rings. The van der Waals surface area contributed by atoms with Gasteiger partial charge in [-0.05, 0) is 37.8 Å². The first-order valence-electron chi connectivity index (χ1n) is 10.6. The number of aliphatic hydroxyl groups is 1. The average molecular weight is 441 g/mol. The van der Waals surface area contributed by atoms with Gasteiger partial charge in [0.05, 0.1) is 24.4 Å². The molecule has 1 amide bonds. The number of halogens is 1. The van der Waals surface area contributed by atoms with Crippen molar-refractivity contribution in [2.75, 3.05) is 17.7 Å². The maximum atomic E-state index is 13.6. The highest BCUT2D eigenvalue weighted by Gasteiger charge is 2.33. The molecule has 3 heterocycles. The molecule has 11 heteroatoms. The van der Waals surface area contributed by atoms with Crippen LogP contribution in [0.5, 0.6) is 0 Å². The number of carbonyl (C=O) groups is 1. The number of nitrogens with one attached hydrogen (secondary N) is 3. The molecule has 0 saturated heterocycles. The Morgan fingerprint density at radius 3 is 2.75 bits per heavy atom. The lowest BCUT2D eigenvalue weighted by Gasteiger charge is -2.34. The lowest BCUT2D eigenvalue weighted by atomic mass is 9.89. The molecule has 0 aliphatic heterocycles. The summed E-state index contributed by atoms with van der Waals surface area (Å²) >= 11 is 0. The Labute approximate surface area is 182 Å². The molecular formula is C21H24FN7O3. The van der Waals surface area contributed by atoms with Crippen LogP contribution in [0.25, 0.3) is 5.65 Å². The second-order valence-electron chi connectivity index (χ2n) is 8.21. The molecule has 3 aromatic heterocycles. The van der Waals surface area contributed by atoms with Crippen molar-refractivity contribution in [3.8, 4) is 0 Å². The van der Waals surface area contributed by atoms with Gasteiger partial charge in [0.25, 0.3) is 11.5 Å². The number of alkyl halides is 1. The summed E-state index contributed by atoms with van der Waals surface area (Å²) in [6.07, 6.45) is 3.96. The van der Waals surface area contributed by atoms with Crippen molar-refractivity contribution in [3.63, 3.8) is 0 Å². The van der Waals surface area contributed by atoms with E-state index in [-0.39, 0.29) is 22.8 Å². The Hall–Kier alpha value is -3.47. The summed E-state index contributed by atoms with van der Waals surface area (Å²) in [6, 6.07) is 4.31. The molecular weight excluding hydrogens is 417 g/mol. The average Bonchev–Trinajstić information content (AvgIpc) is 3.21. The molecule has 1 unspecified atom stereocenters. The van der Waals surface area contributed by atoms with Crippen molar-refractivity contribution in [2.45, 2.75) is 50.0 Å². The van der Waals surface area contributed by atoms with Gasteiger partial charge in [0.2, 0.25) is 0 Å². The molecule has 2 fully saturated rings. The predicted molar refractivity (Wildman–Crippen MR) is 116 cm³/mol. The van der Waals surface area contributed by atoms with Crippen molar-refractivity contribution in [3.05, 3.63) is 46.5 Å². The van der Waals surface area contributed by atoms with Crippen LogP contribution in [0.2, 0.25) is 0 Å². The zero-order valence-corrected chi connectivity index (χ0v) is 17.5. The Morgan fingerprint density at radius 1 is 1.28 bits per heavy atom. The minimum absolute atomic E-state index is 0.215. The zero-order valence-electron chi connectivity index (χ0n) is 17.5. The molecule has 2 aliphatic rings. The van der Waals surface area contributed by atoms with Gasteiger partial charge in [-0.1, -0.05) is 0 Å². The van der Waals surface area contributed by atoms with E-state index in [0.29, 0.717) is 36.6 Å². The Kier molecular flexibility index (Phi) is 5.04. The van der Waals surface area contributed by atoms with Gasteiger partial charge < -0.3 is 25.6 Å². The fraction of sp³-hybridized carbons (Fsp3) is 0.429. The highest BCUT2D eigenvalue weighted by Crippen LogP contribution is 2.31. The highest BCUT2D eigenvalue weighted by atomic mass is 19.1. The fourth-order valence-electron chi connectivity index (χ4n) is 4.03. The van der Waals surface area contributed by atoms with Crippen LogP contribution in [0.4, 0.5) is 21.7 Å². The summed E-state index contributed by atoms with van der Waals surface area (Å²) in [4.78, 5) is 30.1. The number of pyridine rings is 1. The summed E-state index contributed by atoms with van der Waals surface area (Å²) in [6.45, 7) is 0. The maximum Gasteiger partial charge on any atom is 0.274 e. The van der Waals surface area contributed by atoms with Crippen LogP contribution in [-0.4, -0.2) is 55.5 Å². The van der Waals surface area contributed by atoms with Crippen LogP contribution in [0.1, 0.15) is 42.1 Å². The normalized spacial score (nSPS) is 24.5. The molecule has 0 radical (unpaired) electrons. The van der Waals surface area contributed by atoms with E-state index in [0.717, 1.165) is 6.42 Å². The molecule has 4 atom stereocenters. The molecule has 0 spiro atoms. The van der Waals surface area contributed by atoms with Gasteiger partial charge in [-0.25, -0.2) is 9.37 Å². The summed E-state index contributed by atoms with van der Waals surface area (Å²) in [7, 11) is 1.70. The molecule has 4 N–H and O–H groups in total. The third-order valence-electron chi connectivity index (χ3n) is 6.28. The zero-order chi connectivity index (χ0) is 22.4. The minimum atomic E-state index is -1.03. The van der Waals surface area contributed by atoms with E-state index in [1.807, 2.05) is 0 Å². The van der Waals surface area contributed by atoms with E-state index in [1.54, 1.807) is 31.4 Å². The van der Waals surface area contributed by atoms with Crippen molar-refractivity contribution >= 4 is 28.9 Å². The predicted octanol–water partition coefficient (Wildman–Crippen LogP) is 1.60. The van der Waals surface area contributed by atoms with Crippen LogP contribution >= 0.6 is 0 Å². The fourth-order valence-corrected chi connectivity index (χ4v) is 4.03. The third kappa shape index (κ3) is 3.38. The Balaban J connectivity index is 1.48. The van der Waals surface area contributed by atoms with Gasteiger partial charge in [0.15, 0.2) is 5.65 Å². The van der Waals surface area contributed by atoms with Crippen LogP contribution in [-0.2, 0) is 0 Å². The molecule has 32 heavy (non-hydrogen) atoms. The largest absolute Gasteiger partial charge is 0.391 e.